The molecule has 0 fully saturated rings. The van der Waals surface area contributed by atoms with Crippen LogP contribution in [0.5, 0.6) is 0 Å². The molecular formula is C13H15N3OS2. The highest BCUT2D eigenvalue weighted by Crippen LogP contribution is 2.22. The monoisotopic (exact) mass is 293 g/mol. The van der Waals surface area contributed by atoms with Crippen LogP contribution < -0.4 is 5.32 Å². The third-order valence-corrected chi connectivity index (χ3v) is 4.33. The van der Waals surface area contributed by atoms with Crippen molar-refractivity contribution in [3.8, 4) is 0 Å². The van der Waals surface area contributed by atoms with Crippen molar-refractivity contribution in [1.82, 2.24) is 15.3 Å². The minimum absolute atomic E-state index is 0.00448. The van der Waals surface area contributed by atoms with Gasteiger partial charge in [0.05, 0.1) is 12.1 Å². The molecule has 100 valence electrons. The molecule has 2 rings (SSSR count). The van der Waals surface area contributed by atoms with Crippen LogP contribution in [0.3, 0.4) is 0 Å². The average molecular weight is 293 g/mol. The van der Waals surface area contributed by atoms with Crippen molar-refractivity contribution >= 4 is 29.0 Å². The minimum Gasteiger partial charge on any atom is -0.352 e. The summed E-state index contributed by atoms with van der Waals surface area (Å²) in [6.07, 6.45) is 3.78. The van der Waals surface area contributed by atoms with Gasteiger partial charge < -0.3 is 5.32 Å². The standard InChI is InChI=1S/C13H15N3OS2/c1-2-18-13-16-11(9-19-13)7-12(17)15-8-10-3-5-14-6-4-10/h3-6,9H,2,7-8H2,1H3,(H,15,17). The maximum Gasteiger partial charge on any atom is 0.226 e. The molecule has 0 unspecified atom stereocenters. The molecule has 19 heavy (non-hydrogen) atoms. The second-order valence-corrected chi connectivity index (χ2v) is 6.22. The third kappa shape index (κ3) is 4.65. The smallest absolute Gasteiger partial charge is 0.226 e. The summed E-state index contributed by atoms with van der Waals surface area (Å²) in [6, 6.07) is 3.78. The van der Waals surface area contributed by atoms with Gasteiger partial charge in [0.2, 0.25) is 5.91 Å². The van der Waals surface area contributed by atoms with E-state index in [1.165, 1.54) is 0 Å². The lowest BCUT2D eigenvalue weighted by Crippen LogP contribution is -2.24. The van der Waals surface area contributed by atoms with E-state index in [4.69, 9.17) is 0 Å². The summed E-state index contributed by atoms with van der Waals surface area (Å²) >= 11 is 3.30. The SMILES string of the molecule is CCSc1nc(CC(=O)NCc2ccncc2)cs1. The molecule has 1 amide bonds. The second kappa shape index (κ2) is 7.25. The first-order chi connectivity index (χ1) is 9.28. The van der Waals surface area contributed by atoms with Gasteiger partial charge in [-0.05, 0) is 23.4 Å². The quantitative estimate of drug-likeness (QED) is 0.832. The van der Waals surface area contributed by atoms with Gasteiger partial charge in [-0.25, -0.2) is 4.98 Å². The lowest BCUT2D eigenvalue weighted by atomic mass is 10.2. The minimum atomic E-state index is -0.00448. The van der Waals surface area contributed by atoms with Crippen molar-refractivity contribution in [2.75, 3.05) is 5.75 Å². The topological polar surface area (TPSA) is 54.9 Å². The molecule has 0 saturated carbocycles. The molecule has 6 heteroatoms. The molecule has 0 spiro atoms. The van der Waals surface area contributed by atoms with Crippen molar-refractivity contribution in [2.24, 2.45) is 0 Å². The van der Waals surface area contributed by atoms with Crippen LogP contribution in [-0.4, -0.2) is 21.6 Å². The van der Waals surface area contributed by atoms with E-state index in [2.05, 4.69) is 22.2 Å². The number of carbonyl (C=O) groups is 1. The number of hydrogen-bond acceptors (Lipinski definition) is 5. The van der Waals surface area contributed by atoms with Gasteiger partial charge in [0.1, 0.15) is 4.34 Å². The largest absolute Gasteiger partial charge is 0.352 e. The maximum atomic E-state index is 11.8. The van der Waals surface area contributed by atoms with Crippen molar-refractivity contribution < 1.29 is 4.79 Å². The zero-order chi connectivity index (χ0) is 13.5. The number of thioether (sulfide) groups is 1. The Hall–Kier alpha value is -1.40. The molecule has 2 heterocycles. The fraction of sp³-hybridized carbons (Fsp3) is 0.308. The zero-order valence-corrected chi connectivity index (χ0v) is 12.3. The van der Waals surface area contributed by atoms with Crippen molar-refractivity contribution in [3.05, 3.63) is 41.2 Å². The zero-order valence-electron chi connectivity index (χ0n) is 10.6. The summed E-state index contributed by atoms with van der Waals surface area (Å²) in [5.41, 5.74) is 1.89. The Morgan fingerprint density at radius 2 is 2.21 bits per heavy atom. The lowest BCUT2D eigenvalue weighted by molar-refractivity contribution is -0.120. The highest BCUT2D eigenvalue weighted by atomic mass is 32.2. The predicted molar refractivity (Wildman–Crippen MR) is 78.3 cm³/mol. The Morgan fingerprint density at radius 1 is 1.42 bits per heavy atom. The molecule has 0 bridgehead atoms. The normalized spacial score (nSPS) is 10.4. The van der Waals surface area contributed by atoms with Crippen molar-refractivity contribution in [2.45, 2.75) is 24.2 Å². The number of nitrogens with zero attached hydrogens (tertiary/aromatic N) is 2. The molecule has 0 saturated heterocycles. The molecule has 0 aliphatic heterocycles. The van der Waals surface area contributed by atoms with E-state index < -0.39 is 0 Å². The van der Waals surface area contributed by atoms with E-state index in [-0.39, 0.29) is 5.91 Å². The van der Waals surface area contributed by atoms with Gasteiger partial charge in [0, 0.05) is 24.3 Å². The number of carbonyl (C=O) groups excluding carboxylic acids is 1. The van der Waals surface area contributed by atoms with E-state index in [9.17, 15) is 4.79 Å². The molecular weight excluding hydrogens is 278 g/mol. The van der Waals surface area contributed by atoms with Crippen LogP contribution >= 0.6 is 23.1 Å². The van der Waals surface area contributed by atoms with Gasteiger partial charge in [0.15, 0.2) is 0 Å². The van der Waals surface area contributed by atoms with Gasteiger partial charge in [-0.3, -0.25) is 9.78 Å². The highest BCUT2D eigenvalue weighted by molar-refractivity contribution is 8.00. The summed E-state index contributed by atoms with van der Waals surface area (Å²) in [7, 11) is 0. The van der Waals surface area contributed by atoms with E-state index in [0.717, 1.165) is 21.3 Å². The maximum absolute atomic E-state index is 11.8. The summed E-state index contributed by atoms with van der Waals surface area (Å²) in [5.74, 6) is 0.997. The average Bonchev–Trinajstić information content (AvgIpc) is 2.85. The number of nitrogens with one attached hydrogen (secondary N) is 1. The van der Waals surface area contributed by atoms with Crippen LogP contribution in [-0.2, 0) is 17.8 Å². The Morgan fingerprint density at radius 3 is 2.95 bits per heavy atom. The van der Waals surface area contributed by atoms with Crippen molar-refractivity contribution in [1.29, 1.82) is 0 Å². The fourth-order valence-electron chi connectivity index (χ4n) is 1.49. The van der Waals surface area contributed by atoms with Crippen LogP contribution in [0.25, 0.3) is 0 Å². The van der Waals surface area contributed by atoms with E-state index in [0.29, 0.717) is 13.0 Å². The molecule has 0 atom stereocenters. The lowest BCUT2D eigenvalue weighted by Gasteiger charge is -2.03. The van der Waals surface area contributed by atoms with Crippen LogP contribution in [0, 0.1) is 0 Å². The van der Waals surface area contributed by atoms with E-state index in [1.807, 2.05) is 17.5 Å². The Kier molecular flexibility index (Phi) is 5.35. The summed E-state index contributed by atoms with van der Waals surface area (Å²) < 4.78 is 1.03. The number of pyridine rings is 1. The molecule has 1 N–H and O–H groups in total. The van der Waals surface area contributed by atoms with Gasteiger partial charge in [-0.1, -0.05) is 18.7 Å². The highest BCUT2D eigenvalue weighted by Gasteiger charge is 2.07. The predicted octanol–water partition coefficient (Wildman–Crippen LogP) is 2.51. The van der Waals surface area contributed by atoms with Crippen LogP contribution in [0.15, 0.2) is 34.2 Å². The number of aromatic nitrogens is 2. The van der Waals surface area contributed by atoms with Gasteiger partial charge in [-0.2, -0.15) is 0 Å². The number of rotatable bonds is 6. The molecule has 2 aromatic rings. The molecule has 0 aliphatic rings. The van der Waals surface area contributed by atoms with Gasteiger partial charge >= 0.3 is 0 Å². The second-order valence-electron chi connectivity index (χ2n) is 3.85. The summed E-state index contributed by atoms with van der Waals surface area (Å²) in [6.45, 7) is 2.62. The van der Waals surface area contributed by atoms with E-state index >= 15 is 0 Å². The number of amides is 1. The third-order valence-electron chi connectivity index (χ3n) is 2.38. The molecule has 4 nitrogen and oxygen atoms in total. The molecule has 0 aromatic carbocycles. The molecule has 2 aromatic heterocycles. The number of hydrogen-bond donors (Lipinski definition) is 1. The van der Waals surface area contributed by atoms with Gasteiger partial charge in [-0.15, -0.1) is 11.3 Å². The number of thiazole rings is 1. The van der Waals surface area contributed by atoms with Crippen molar-refractivity contribution in [3.63, 3.8) is 0 Å². The first-order valence-corrected chi connectivity index (χ1v) is 7.87. The molecule has 0 radical (unpaired) electrons. The first kappa shape index (κ1) is 14.0. The van der Waals surface area contributed by atoms with E-state index in [1.54, 1.807) is 35.5 Å². The Bertz CT molecular complexity index is 528. The first-order valence-electron chi connectivity index (χ1n) is 6.00. The summed E-state index contributed by atoms with van der Waals surface area (Å²) in [4.78, 5) is 20.1. The van der Waals surface area contributed by atoms with Crippen LogP contribution in [0.4, 0.5) is 0 Å². The fourth-order valence-corrected chi connectivity index (χ4v) is 3.23. The van der Waals surface area contributed by atoms with Crippen LogP contribution in [0.2, 0.25) is 0 Å². The van der Waals surface area contributed by atoms with Gasteiger partial charge in [0.25, 0.3) is 0 Å². The Labute approximate surface area is 120 Å². The Balaban J connectivity index is 1.80. The summed E-state index contributed by atoms with van der Waals surface area (Å²) in [5, 5.41) is 4.83. The van der Waals surface area contributed by atoms with Crippen LogP contribution in [0.1, 0.15) is 18.2 Å². The molecule has 0 aliphatic carbocycles.